The van der Waals surface area contributed by atoms with Gasteiger partial charge in [-0.2, -0.15) is 0 Å². The molecule has 0 bridgehead atoms. The minimum Gasteiger partial charge on any atom is -0.350 e. The van der Waals surface area contributed by atoms with E-state index in [0.717, 1.165) is 26.6 Å². The number of anilines is 1. The van der Waals surface area contributed by atoms with Gasteiger partial charge in [-0.05, 0) is 75.6 Å². The maximum Gasteiger partial charge on any atom is 0.264 e. The lowest BCUT2D eigenvalue weighted by Crippen LogP contribution is -2.56. The van der Waals surface area contributed by atoms with E-state index >= 15 is 0 Å². The van der Waals surface area contributed by atoms with Crippen molar-refractivity contribution in [1.29, 1.82) is 0 Å². The highest BCUT2D eigenvalue weighted by atomic mass is 32.2. The van der Waals surface area contributed by atoms with Crippen LogP contribution in [0.2, 0.25) is 0 Å². The molecule has 0 saturated carbocycles. The Morgan fingerprint density at radius 1 is 0.773 bits per heavy atom. The Balaban J connectivity index is 1.81. The quantitative estimate of drug-likeness (QED) is 0.224. The van der Waals surface area contributed by atoms with Crippen molar-refractivity contribution in [3.63, 3.8) is 0 Å². The lowest BCUT2D eigenvalue weighted by Gasteiger charge is -2.35. The Labute approximate surface area is 261 Å². The third-order valence-electron chi connectivity index (χ3n) is 7.30. The highest BCUT2D eigenvalue weighted by molar-refractivity contribution is 7.92. The van der Waals surface area contributed by atoms with Crippen molar-refractivity contribution >= 4 is 27.5 Å². The van der Waals surface area contributed by atoms with Gasteiger partial charge in [-0.1, -0.05) is 90.5 Å². The van der Waals surface area contributed by atoms with Crippen LogP contribution in [-0.2, 0) is 32.6 Å². The van der Waals surface area contributed by atoms with Crippen LogP contribution in [0, 0.1) is 13.8 Å². The number of nitrogens with one attached hydrogen (secondary N) is 1. The van der Waals surface area contributed by atoms with E-state index in [4.69, 9.17) is 0 Å². The first-order valence-corrected chi connectivity index (χ1v) is 16.1. The van der Waals surface area contributed by atoms with Crippen LogP contribution in [-0.4, -0.2) is 43.3 Å². The van der Waals surface area contributed by atoms with E-state index in [1.165, 1.54) is 4.90 Å². The van der Waals surface area contributed by atoms with Gasteiger partial charge in [0, 0.05) is 18.5 Å². The van der Waals surface area contributed by atoms with Crippen molar-refractivity contribution in [1.82, 2.24) is 10.2 Å². The van der Waals surface area contributed by atoms with Crippen LogP contribution in [0.5, 0.6) is 0 Å². The molecule has 4 aromatic carbocycles. The van der Waals surface area contributed by atoms with Crippen LogP contribution in [0.4, 0.5) is 5.69 Å². The summed E-state index contributed by atoms with van der Waals surface area (Å²) >= 11 is 0. The molecule has 0 aliphatic rings. The molecule has 8 heteroatoms. The average molecular weight is 612 g/mol. The Morgan fingerprint density at radius 3 is 1.93 bits per heavy atom. The van der Waals surface area contributed by atoms with Crippen molar-refractivity contribution in [2.45, 2.75) is 64.1 Å². The Morgan fingerprint density at radius 2 is 1.34 bits per heavy atom. The van der Waals surface area contributed by atoms with Gasteiger partial charge in [-0.3, -0.25) is 13.9 Å². The molecule has 7 nitrogen and oxygen atoms in total. The standard InChI is InChI=1S/C36H41N3O4S/c1-27-20-22-32(23-21-27)44(42,43)39(31-18-10-7-11-19-31)26-34(40)38(25-30-17-13-12-14-28(30)2)33(35(41)37-36(3,4)5)24-29-15-8-6-9-16-29/h6-23,33H,24-26H2,1-5H3,(H,37,41). The molecule has 44 heavy (non-hydrogen) atoms. The molecule has 0 aliphatic heterocycles. The van der Waals surface area contributed by atoms with Gasteiger partial charge in [0.15, 0.2) is 0 Å². The molecule has 0 spiro atoms. The van der Waals surface area contributed by atoms with Crippen LogP contribution < -0.4 is 9.62 Å². The molecule has 0 radical (unpaired) electrons. The van der Waals surface area contributed by atoms with Gasteiger partial charge >= 0.3 is 0 Å². The van der Waals surface area contributed by atoms with E-state index < -0.39 is 34.1 Å². The molecule has 230 valence electrons. The summed E-state index contributed by atoms with van der Waals surface area (Å²) in [5.41, 5.74) is 3.45. The van der Waals surface area contributed by atoms with Crippen molar-refractivity contribution in [3.8, 4) is 0 Å². The van der Waals surface area contributed by atoms with E-state index in [-0.39, 0.29) is 23.8 Å². The van der Waals surface area contributed by atoms with Gasteiger partial charge in [-0.25, -0.2) is 8.42 Å². The minimum atomic E-state index is -4.13. The Bertz CT molecular complexity index is 1670. The van der Waals surface area contributed by atoms with Gasteiger partial charge in [0.2, 0.25) is 11.8 Å². The van der Waals surface area contributed by atoms with Crippen LogP contribution in [0.3, 0.4) is 0 Å². The van der Waals surface area contributed by atoms with E-state index in [1.807, 2.05) is 89.2 Å². The number of hydrogen-bond acceptors (Lipinski definition) is 4. The topological polar surface area (TPSA) is 86.8 Å². The molecule has 1 N–H and O–H groups in total. The number of aryl methyl sites for hydroxylation is 2. The van der Waals surface area contributed by atoms with Crippen LogP contribution in [0.1, 0.15) is 43.0 Å². The number of nitrogens with zero attached hydrogens (tertiary/aromatic N) is 2. The third-order valence-corrected chi connectivity index (χ3v) is 9.09. The fraction of sp³-hybridized carbons (Fsp3) is 0.278. The second-order valence-corrected chi connectivity index (χ2v) is 13.9. The molecule has 0 heterocycles. The number of rotatable bonds is 11. The second kappa shape index (κ2) is 13.9. The van der Waals surface area contributed by atoms with Gasteiger partial charge in [0.25, 0.3) is 10.0 Å². The molecule has 2 amide bonds. The number of hydrogen-bond donors (Lipinski definition) is 1. The first-order chi connectivity index (χ1) is 20.8. The van der Waals surface area contributed by atoms with Gasteiger partial charge < -0.3 is 10.2 Å². The maximum atomic E-state index is 14.5. The third kappa shape index (κ3) is 8.35. The first-order valence-electron chi connectivity index (χ1n) is 14.7. The molecule has 1 unspecified atom stereocenters. The zero-order valence-corrected chi connectivity index (χ0v) is 26.8. The van der Waals surface area contributed by atoms with Crippen molar-refractivity contribution in [2.75, 3.05) is 10.8 Å². The molecule has 0 aromatic heterocycles. The highest BCUT2D eigenvalue weighted by Gasteiger charge is 2.35. The zero-order valence-electron chi connectivity index (χ0n) is 26.0. The summed E-state index contributed by atoms with van der Waals surface area (Å²) in [7, 11) is -4.13. The zero-order chi connectivity index (χ0) is 31.9. The fourth-order valence-corrected chi connectivity index (χ4v) is 6.35. The lowest BCUT2D eigenvalue weighted by atomic mass is 10.00. The fourth-order valence-electron chi connectivity index (χ4n) is 4.94. The van der Waals surface area contributed by atoms with Crippen LogP contribution >= 0.6 is 0 Å². The molecule has 0 saturated heterocycles. The number of carbonyl (C=O) groups excluding carboxylic acids is 2. The Kier molecular flexibility index (Phi) is 10.3. The van der Waals surface area contributed by atoms with E-state index in [0.29, 0.717) is 5.69 Å². The average Bonchev–Trinajstić information content (AvgIpc) is 2.98. The van der Waals surface area contributed by atoms with Crippen LogP contribution in [0.15, 0.2) is 114 Å². The minimum absolute atomic E-state index is 0.0801. The summed E-state index contributed by atoms with van der Waals surface area (Å²) in [6, 6.07) is 31.5. The molecular weight excluding hydrogens is 570 g/mol. The van der Waals surface area contributed by atoms with Crippen molar-refractivity contribution in [3.05, 3.63) is 131 Å². The monoisotopic (exact) mass is 611 g/mol. The normalized spacial score (nSPS) is 12.3. The number of carbonyl (C=O) groups is 2. The van der Waals surface area contributed by atoms with E-state index in [9.17, 15) is 18.0 Å². The van der Waals surface area contributed by atoms with Gasteiger partial charge in [-0.15, -0.1) is 0 Å². The Hall–Kier alpha value is -4.43. The molecule has 0 aliphatic carbocycles. The number of sulfonamides is 1. The summed E-state index contributed by atoms with van der Waals surface area (Å²) in [6.45, 7) is 9.16. The summed E-state index contributed by atoms with van der Waals surface area (Å²) in [5.74, 6) is -0.797. The molecule has 4 aromatic rings. The highest BCUT2D eigenvalue weighted by Crippen LogP contribution is 2.25. The first kappa shape index (κ1) is 32.5. The molecule has 1 atom stereocenters. The van der Waals surface area contributed by atoms with Crippen molar-refractivity contribution < 1.29 is 18.0 Å². The lowest BCUT2D eigenvalue weighted by molar-refractivity contribution is -0.140. The summed E-state index contributed by atoms with van der Waals surface area (Å²) in [4.78, 5) is 30.1. The number of amides is 2. The van der Waals surface area contributed by atoms with Crippen LogP contribution in [0.25, 0.3) is 0 Å². The SMILES string of the molecule is Cc1ccc(S(=O)(=O)N(CC(=O)N(Cc2ccccc2C)C(Cc2ccccc2)C(=O)NC(C)(C)C)c2ccccc2)cc1. The predicted molar refractivity (Wildman–Crippen MR) is 176 cm³/mol. The van der Waals surface area contributed by atoms with Gasteiger partial charge in [0.1, 0.15) is 12.6 Å². The number of benzene rings is 4. The van der Waals surface area contributed by atoms with E-state index in [1.54, 1.807) is 54.6 Å². The second-order valence-electron chi connectivity index (χ2n) is 12.1. The summed E-state index contributed by atoms with van der Waals surface area (Å²) in [5, 5.41) is 3.06. The van der Waals surface area contributed by atoms with Crippen molar-refractivity contribution in [2.24, 2.45) is 0 Å². The number of para-hydroxylation sites is 1. The smallest absolute Gasteiger partial charge is 0.264 e. The predicted octanol–water partition coefficient (Wildman–Crippen LogP) is 6.05. The summed E-state index contributed by atoms with van der Waals surface area (Å²) in [6.07, 6.45) is 0.260. The maximum absolute atomic E-state index is 14.5. The van der Waals surface area contributed by atoms with Gasteiger partial charge in [0.05, 0.1) is 10.6 Å². The molecule has 4 rings (SSSR count). The summed E-state index contributed by atoms with van der Waals surface area (Å²) < 4.78 is 29.3. The van der Waals surface area contributed by atoms with E-state index in [2.05, 4.69) is 5.32 Å². The molecular formula is C36H41N3O4S. The largest absolute Gasteiger partial charge is 0.350 e. The molecule has 0 fully saturated rings.